The van der Waals surface area contributed by atoms with Crippen molar-refractivity contribution in [1.29, 1.82) is 0 Å². The van der Waals surface area contributed by atoms with Gasteiger partial charge in [-0.05, 0) is 39.5 Å². The van der Waals surface area contributed by atoms with E-state index < -0.39 is 0 Å². The molecule has 0 saturated carbocycles. The van der Waals surface area contributed by atoms with Gasteiger partial charge in [0.2, 0.25) is 5.91 Å². The van der Waals surface area contributed by atoms with Crippen LogP contribution in [-0.2, 0) is 22.6 Å². The number of aryl methyl sites for hydroxylation is 2. The molecular formula is C15H26N4O2S. The zero-order valence-electron chi connectivity index (χ0n) is 13.4. The van der Waals surface area contributed by atoms with Gasteiger partial charge in [0.25, 0.3) is 0 Å². The second-order valence-corrected chi connectivity index (χ2v) is 6.25. The minimum atomic E-state index is -0.0890. The van der Waals surface area contributed by atoms with Crippen molar-refractivity contribution in [2.75, 3.05) is 0 Å². The maximum Gasteiger partial charge on any atom is 0.220 e. The Kier molecular flexibility index (Phi) is 8.81. The lowest BCUT2D eigenvalue weighted by Crippen LogP contribution is -2.29. The lowest BCUT2D eigenvalue weighted by atomic mass is 10.2. The molecule has 1 heterocycles. The van der Waals surface area contributed by atoms with Gasteiger partial charge in [-0.2, -0.15) is 0 Å². The van der Waals surface area contributed by atoms with E-state index in [2.05, 4.69) is 28.3 Å². The van der Waals surface area contributed by atoms with Crippen LogP contribution in [0, 0.1) is 0 Å². The molecule has 0 radical (unpaired) electrons. The van der Waals surface area contributed by atoms with E-state index in [-0.39, 0.29) is 17.1 Å². The minimum absolute atomic E-state index is 0.0890. The predicted octanol–water partition coefficient (Wildman–Crippen LogP) is 2.14. The summed E-state index contributed by atoms with van der Waals surface area (Å²) in [6.45, 7) is 4.74. The zero-order chi connectivity index (χ0) is 16.4. The smallest absolute Gasteiger partial charge is 0.220 e. The molecular weight excluding hydrogens is 300 g/mol. The number of aromatic nitrogens is 3. The van der Waals surface area contributed by atoms with E-state index in [1.165, 1.54) is 0 Å². The Balaban J connectivity index is 2.11. The highest BCUT2D eigenvalue weighted by atomic mass is 32.1. The van der Waals surface area contributed by atoms with Crippen LogP contribution in [0.25, 0.3) is 0 Å². The van der Waals surface area contributed by atoms with Crippen LogP contribution in [0.5, 0.6) is 0 Å². The molecule has 0 spiro atoms. The lowest BCUT2D eigenvalue weighted by molar-refractivity contribution is -0.121. The van der Waals surface area contributed by atoms with Gasteiger partial charge in [-0.3, -0.25) is 14.3 Å². The summed E-state index contributed by atoms with van der Waals surface area (Å²) in [7, 11) is 0. The lowest BCUT2D eigenvalue weighted by Gasteiger charge is -2.07. The van der Waals surface area contributed by atoms with Crippen LogP contribution >= 0.6 is 12.6 Å². The van der Waals surface area contributed by atoms with Crippen LogP contribution in [0.3, 0.4) is 0 Å². The second-order valence-electron chi connectivity index (χ2n) is 5.75. The van der Waals surface area contributed by atoms with E-state index in [1.807, 2.05) is 24.7 Å². The zero-order valence-corrected chi connectivity index (χ0v) is 14.3. The van der Waals surface area contributed by atoms with E-state index in [9.17, 15) is 9.59 Å². The average Bonchev–Trinajstić information content (AvgIpc) is 2.85. The summed E-state index contributed by atoms with van der Waals surface area (Å²) in [6.07, 6.45) is 7.35. The van der Waals surface area contributed by atoms with Crippen LogP contribution in [-0.4, -0.2) is 32.1 Å². The number of carbonyl (C=O) groups is 2. The number of carbonyl (C=O) groups excluding carboxylic acids is 2. The molecule has 1 N–H and O–H groups in total. The van der Waals surface area contributed by atoms with Gasteiger partial charge < -0.3 is 5.32 Å². The van der Waals surface area contributed by atoms with Gasteiger partial charge in [0.1, 0.15) is 0 Å². The molecule has 1 rings (SSSR count). The molecule has 0 saturated heterocycles. The van der Waals surface area contributed by atoms with E-state index in [4.69, 9.17) is 0 Å². The highest BCUT2D eigenvalue weighted by molar-refractivity contribution is 7.96. The number of unbranched alkanes of at least 4 members (excludes halogenated alkanes) is 2. The molecule has 0 unspecified atom stereocenters. The van der Waals surface area contributed by atoms with Crippen molar-refractivity contribution in [1.82, 2.24) is 20.3 Å². The molecule has 1 amide bonds. The number of hydrogen-bond acceptors (Lipinski definition) is 4. The Morgan fingerprint density at radius 1 is 1.23 bits per heavy atom. The molecule has 0 aliphatic carbocycles. The maximum atomic E-state index is 11.5. The van der Waals surface area contributed by atoms with Crippen molar-refractivity contribution in [2.45, 2.75) is 71.4 Å². The van der Waals surface area contributed by atoms with Gasteiger partial charge >= 0.3 is 0 Å². The molecule has 0 aliphatic heterocycles. The normalized spacial score (nSPS) is 10.9. The van der Waals surface area contributed by atoms with E-state index in [1.54, 1.807) is 0 Å². The van der Waals surface area contributed by atoms with Crippen molar-refractivity contribution < 1.29 is 9.59 Å². The molecule has 0 bridgehead atoms. The minimum Gasteiger partial charge on any atom is -0.354 e. The third-order valence-corrected chi connectivity index (χ3v) is 3.37. The number of thiol groups is 1. The third kappa shape index (κ3) is 8.81. The number of nitrogens with one attached hydrogen (secondary N) is 1. The Morgan fingerprint density at radius 2 is 2.00 bits per heavy atom. The second kappa shape index (κ2) is 10.4. The highest BCUT2D eigenvalue weighted by Gasteiger charge is 2.04. The third-order valence-electron chi connectivity index (χ3n) is 3.15. The fourth-order valence-corrected chi connectivity index (χ4v) is 2.27. The first-order valence-corrected chi connectivity index (χ1v) is 8.32. The Labute approximate surface area is 137 Å². The number of hydrogen-bond donors (Lipinski definition) is 2. The Bertz CT molecular complexity index is 474. The summed E-state index contributed by atoms with van der Waals surface area (Å²) in [5.41, 5.74) is 0.908. The first-order valence-electron chi connectivity index (χ1n) is 7.87. The summed E-state index contributed by atoms with van der Waals surface area (Å²) >= 11 is 3.74. The maximum absolute atomic E-state index is 11.5. The molecule has 0 atom stereocenters. The van der Waals surface area contributed by atoms with Crippen LogP contribution in [0.4, 0.5) is 0 Å². The van der Waals surface area contributed by atoms with Gasteiger partial charge in [0.15, 0.2) is 5.12 Å². The van der Waals surface area contributed by atoms with Gasteiger partial charge in [-0.1, -0.05) is 11.6 Å². The molecule has 0 aliphatic rings. The molecule has 6 nitrogen and oxygen atoms in total. The predicted molar refractivity (Wildman–Crippen MR) is 88.7 cm³/mol. The van der Waals surface area contributed by atoms with Gasteiger partial charge in [-0.25, -0.2) is 0 Å². The van der Waals surface area contributed by atoms with E-state index in [0.29, 0.717) is 12.8 Å². The van der Waals surface area contributed by atoms with Crippen molar-refractivity contribution >= 4 is 23.7 Å². The van der Waals surface area contributed by atoms with Crippen molar-refractivity contribution in [2.24, 2.45) is 0 Å². The molecule has 1 aromatic rings. The quantitative estimate of drug-likeness (QED) is 0.482. The average molecular weight is 326 g/mol. The summed E-state index contributed by atoms with van der Waals surface area (Å²) in [5, 5.41) is 11.0. The van der Waals surface area contributed by atoms with Crippen molar-refractivity contribution in [3.8, 4) is 0 Å². The molecule has 22 heavy (non-hydrogen) atoms. The summed E-state index contributed by atoms with van der Waals surface area (Å²) in [6, 6.07) is 0.207. The van der Waals surface area contributed by atoms with Crippen LogP contribution in [0.15, 0.2) is 6.20 Å². The molecule has 7 heteroatoms. The van der Waals surface area contributed by atoms with Gasteiger partial charge in [0.05, 0.1) is 5.69 Å². The monoisotopic (exact) mass is 326 g/mol. The molecule has 0 fully saturated rings. The van der Waals surface area contributed by atoms with Gasteiger partial charge in [0, 0.05) is 31.6 Å². The topological polar surface area (TPSA) is 76.9 Å². The molecule has 1 aromatic heterocycles. The Hall–Kier alpha value is -1.37. The number of rotatable bonds is 11. The van der Waals surface area contributed by atoms with Crippen molar-refractivity contribution in [3.05, 3.63) is 11.9 Å². The number of nitrogens with zero attached hydrogens (tertiary/aromatic N) is 3. The standard InChI is InChI=1S/C15H26N4O2S/c1-12(2)16-14(20)8-4-3-5-10-19-11-13(17-18-19)7-6-9-15(21)22/h11-12H,3-10H2,1-2H3,(H,16,20)(H,21,22). The SMILES string of the molecule is CC(C)NC(=O)CCCCCn1cc(CCCC(=O)S)nn1. The first kappa shape index (κ1) is 18.7. The van der Waals surface area contributed by atoms with Crippen LogP contribution in [0.1, 0.15) is 58.1 Å². The molecule has 0 aromatic carbocycles. The summed E-state index contributed by atoms with van der Waals surface area (Å²) in [4.78, 5) is 22.2. The van der Waals surface area contributed by atoms with Crippen LogP contribution in [0.2, 0.25) is 0 Å². The van der Waals surface area contributed by atoms with Crippen molar-refractivity contribution in [3.63, 3.8) is 0 Å². The largest absolute Gasteiger partial charge is 0.354 e. The van der Waals surface area contributed by atoms with Gasteiger partial charge in [-0.15, -0.1) is 17.7 Å². The Morgan fingerprint density at radius 3 is 2.68 bits per heavy atom. The first-order chi connectivity index (χ1) is 10.5. The fraction of sp³-hybridized carbons (Fsp3) is 0.733. The summed E-state index contributed by atoms with van der Waals surface area (Å²) < 4.78 is 1.83. The molecule has 124 valence electrons. The van der Waals surface area contributed by atoms with E-state index >= 15 is 0 Å². The van der Waals surface area contributed by atoms with Crippen LogP contribution < -0.4 is 5.32 Å². The summed E-state index contributed by atoms with van der Waals surface area (Å²) in [5.74, 6) is 0.122. The number of amides is 1. The highest BCUT2D eigenvalue weighted by Crippen LogP contribution is 2.05. The fourth-order valence-electron chi connectivity index (χ4n) is 2.11. The van der Waals surface area contributed by atoms with E-state index in [0.717, 1.165) is 44.3 Å².